The number of alkyl halides is 3. The number of para-hydroxylation sites is 1. The van der Waals surface area contributed by atoms with E-state index in [1.165, 1.54) is 50.4 Å². The lowest BCUT2D eigenvalue weighted by Crippen LogP contribution is -2.30. The Balaban J connectivity index is 2.11. The molecule has 10 nitrogen and oxygen atoms in total. The van der Waals surface area contributed by atoms with E-state index < -0.39 is 34.9 Å². The van der Waals surface area contributed by atoms with Crippen molar-refractivity contribution in [3.63, 3.8) is 0 Å². The van der Waals surface area contributed by atoms with Crippen LogP contribution in [0.1, 0.15) is 17.3 Å². The van der Waals surface area contributed by atoms with E-state index in [2.05, 4.69) is 10.6 Å². The third-order valence-corrected chi connectivity index (χ3v) is 4.20. The first-order chi connectivity index (χ1) is 15.9. The molecule has 0 saturated heterocycles. The lowest BCUT2D eigenvalue weighted by atomic mass is 10.1. The van der Waals surface area contributed by atoms with E-state index in [0.29, 0.717) is 6.20 Å². The van der Waals surface area contributed by atoms with Gasteiger partial charge in [0.2, 0.25) is 0 Å². The summed E-state index contributed by atoms with van der Waals surface area (Å²) in [5.74, 6) is -3.78. The van der Waals surface area contributed by atoms with E-state index in [1.807, 2.05) is 0 Å². The molecule has 34 heavy (non-hydrogen) atoms. The van der Waals surface area contributed by atoms with E-state index >= 15 is 0 Å². The molecule has 1 amide bonds. The van der Waals surface area contributed by atoms with E-state index in [4.69, 9.17) is 9.47 Å². The second kappa shape index (κ2) is 10.9. The fraction of sp³-hybridized carbons (Fsp3) is 0.190. The van der Waals surface area contributed by atoms with Gasteiger partial charge in [0.15, 0.2) is 6.10 Å². The summed E-state index contributed by atoms with van der Waals surface area (Å²) in [6, 6.07) is 9.09. The number of hydrogen-bond acceptors (Lipinski definition) is 8. The van der Waals surface area contributed by atoms with Crippen molar-refractivity contribution in [2.75, 3.05) is 17.7 Å². The average Bonchev–Trinajstić information content (AvgIpc) is 2.78. The maximum absolute atomic E-state index is 12.5. The third kappa shape index (κ3) is 6.79. The highest BCUT2D eigenvalue weighted by atomic mass is 19.4. The number of nitrogens with one attached hydrogen (secondary N) is 2. The number of nitro benzene ring substituents is 1. The van der Waals surface area contributed by atoms with Gasteiger partial charge in [-0.3, -0.25) is 19.7 Å². The van der Waals surface area contributed by atoms with Crippen LogP contribution in [0.25, 0.3) is 0 Å². The number of methoxy groups -OCH3 is 1. The number of nitrogens with zero attached hydrogens (tertiary/aromatic N) is 1. The number of rotatable bonds is 9. The molecule has 2 aromatic rings. The SMILES string of the molecule is COc1ccc([N+](=O)[O-])cc1NC(=O)C(C)OC(=O)c1ccccc1N/C=C/C(=O)C(F)(F)F. The molecule has 1 unspecified atom stereocenters. The van der Waals surface area contributed by atoms with Crippen LogP contribution in [0.2, 0.25) is 0 Å². The zero-order valence-corrected chi connectivity index (χ0v) is 17.7. The number of esters is 1. The molecule has 0 aliphatic carbocycles. The third-order valence-electron chi connectivity index (χ3n) is 4.20. The van der Waals surface area contributed by atoms with E-state index in [9.17, 15) is 37.7 Å². The second-order valence-corrected chi connectivity index (χ2v) is 6.56. The summed E-state index contributed by atoms with van der Waals surface area (Å²) < 4.78 is 47.0. The Labute approximate surface area is 190 Å². The number of non-ortho nitro benzene ring substituents is 1. The zero-order valence-electron chi connectivity index (χ0n) is 17.7. The first-order valence-corrected chi connectivity index (χ1v) is 9.41. The van der Waals surface area contributed by atoms with Crippen LogP contribution in [0.5, 0.6) is 5.75 Å². The summed E-state index contributed by atoms with van der Waals surface area (Å²) >= 11 is 0. The Morgan fingerprint density at radius 3 is 2.41 bits per heavy atom. The van der Waals surface area contributed by atoms with Crippen molar-refractivity contribution in [3.05, 3.63) is 70.4 Å². The molecule has 0 saturated carbocycles. The molecule has 13 heteroatoms. The number of ketones is 1. The van der Waals surface area contributed by atoms with Gasteiger partial charge in [0.05, 0.1) is 29.0 Å². The van der Waals surface area contributed by atoms with Gasteiger partial charge in [0, 0.05) is 24.4 Å². The summed E-state index contributed by atoms with van der Waals surface area (Å²) in [5, 5.41) is 15.7. The second-order valence-electron chi connectivity index (χ2n) is 6.56. The van der Waals surface area contributed by atoms with Gasteiger partial charge < -0.3 is 20.1 Å². The number of allylic oxidation sites excluding steroid dienone is 1. The van der Waals surface area contributed by atoms with Crippen LogP contribution in [-0.4, -0.2) is 42.0 Å². The van der Waals surface area contributed by atoms with Crippen LogP contribution in [0.3, 0.4) is 0 Å². The minimum atomic E-state index is -5.04. The normalized spacial score (nSPS) is 12.0. The van der Waals surface area contributed by atoms with Crippen molar-refractivity contribution in [1.82, 2.24) is 0 Å². The van der Waals surface area contributed by atoms with Gasteiger partial charge in [-0.05, 0) is 25.1 Å². The molecule has 0 radical (unpaired) electrons. The maximum atomic E-state index is 12.5. The van der Waals surface area contributed by atoms with Crippen LogP contribution in [0.15, 0.2) is 54.7 Å². The summed E-state index contributed by atoms with van der Waals surface area (Å²) in [6.45, 7) is 1.25. The van der Waals surface area contributed by atoms with Crippen LogP contribution in [-0.2, 0) is 14.3 Å². The Morgan fingerprint density at radius 1 is 1.12 bits per heavy atom. The molecule has 180 valence electrons. The predicted molar refractivity (Wildman–Crippen MR) is 113 cm³/mol. The Kier molecular flexibility index (Phi) is 8.31. The van der Waals surface area contributed by atoms with Crippen LogP contribution >= 0.6 is 0 Å². The molecular formula is C21H18F3N3O7. The molecule has 0 aliphatic rings. The number of halogens is 3. The Morgan fingerprint density at radius 2 is 1.79 bits per heavy atom. The number of anilines is 2. The summed E-state index contributed by atoms with van der Waals surface area (Å²) in [4.78, 5) is 46.2. The highest BCUT2D eigenvalue weighted by Crippen LogP contribution is 2.29. The lowest BCUT2D eigenvalue weighted by Gasteiger charge is -2.16. The number of hydrogen-bond donors (Lipinski definition) is 2. The largest absolute Gasteiger partial charge is 0.495 e. The molecule has 2 rings (SSSR count). The number of amides is 1. The van der Waals surface area contributed by atoms with E-state index in [1.54, 1.807) is 0 Å². The van der Waals surface area contributed by atoms with Crippen LogP contribution in [0, 0.1) is 10.1 Å². The molecule has 2 N–H and O–H groups in total. The van der Waals surface area contributed by atoms with Gasteiger partial charge in [-0.25, -0.2) is 4.79 Å². The van der Waals surface area contributed by atoms with Gasteiger partial charge in [-0.2, -0.15) is 13.2 Å². The molecule has 1 atom stereocenters. The average molecular weight is 481 g/mol. The Hall–Kier alpha value is -4.42. The number of nitro groups is 1. The highest BCUT2D eigenvalue weighted by Gasteiger charge is 2.36. The monoisotopic (exact) mass is 481 g/mol. The molecule has 0 aliphatic heterocycles. The van der Waals surface area contributed by atoms with Gasteiger partial charge in [0.1, 0.15) is 5.75 Å². The highest BCUT2D eigenvalue weighted by molar-refractivity contribution is 6.00. The first kappa shape index (κ1) is 25.8. The molecule has 0 spiro atoms. The Bertz CT molecular complexity index is 1130. The summed E-state index contributed by atoms with van der Waals surface area (Å²) in [5.41, 5.74) is -0.435. The van der Waals surface area contributed by atoms with Crippen LogP contribution < -0.4 is 15.4 Å². The first-order valence-electron chi connectivity index (χ1n) is 9.41. The van der Waals surface area contributed by atoms with Gasteiger partial charge in [0.25, 0.3) is 17.4 Å². The van der Waals surface area contributed by atoms with Gasteiger partial charge >= 0.3 is 12.1 Å². The fourth-order valence-electron chi connectivity index (χ4n) is 2.51. The number of ether oxygens (including phenoxy) is 2. The lowest BCUT2D eigenvalue weighted by molar-refractivity contribution is -0.384. The number of carbonyl (C=O) groups is 3. The molecule has 0 heterocycles. The quantitative estimate of drug-likeness (QED) is 0.239. The zero-order chi connectivity index (χ0) is 25.5. The smallest absolute Gasteiger partial charge is 0.454 e. The van der Waals surface area contributed by atoms with Crippen molar-refractivity contribution in [1.29, 1.82) is 0 Å². The van der Waals surface area contributed by atoms with Gasteiger partial charge in [-0.15, -0.1) is 0 Å². The standard InChI is InChI=1S/C21H18F3N3O7/c1-12(19(29)26-16-11-13(27(31)32)7-8-17(16)33-2)34-20(30)14-5-3-4-6-15(14)25-10-9-18(28)21(22,23)24/h3-12,25H,1-2H3,(H,26,29)/b10-9+. The molecule has 0 bridgehead atoms. The van der Waals surface area contributed by atoms with Gasteiger partial charge in [-0.1, -0.05) is 12.1 Å². The van der Waals surface area contributed by atoms with Crippen molar-refractivity contribution in [2.45, 2.75) is 19.2 Å². The minimum absolute atomic E-state index is 0.0201. The van der Waals surface area contributed by atoms with Crippen molar-refractivity contribution in [2.24, 2.45) is 0 Å². The van der Waals surface area contributed by atoms with E-state index in [0.717, 1.165) is 6.07 Å². The summed E-state index contributed by atoms with van der Waals surface area (Å²) in [6.07, 6.45) is -5.44. The number of carbonyl (C=O) groups excluding carboxylic acids is 3. The minimum Gasteiger partial charge on any atom is -0.495 e. The maximum Gasteiger partial charge on any atom is 0.454 e. The van der Waals surface area contributed by atoms with Crippen molar-refractivity contribution in [3.8, 4) is 5.75 Å². The predicted octanol–water partition coefficient (Wildman–Crippen LogP) is 3.84. The van der Waals surface area contributed by atoms with Crippen molar-refractivity contribution < 1.29 is 42.0 Å². The van der Waals surface area contributed by atoms with Crippen LogP contribution in [0.4, 0.5) is 30.2 Å². The molecule has 0 aromatic heterocycles. The fourth-order valence-corrected chi connectivity index (χ4v) is 2.51. The molecule has 0 fully saturated rings. The number of benzene rings is 2. The topological polar surface area (TPSA) is 137 Å². The van der Waals surface area contributed by atoms with E-state index in [-0.39, 0.29) is 34.5 Å². The molecular weight excluding hydrogens is 463 g/mol. The summed E-state index contributed by atoms with van der Waals surface area (Å²) in [7, 11) is 1.29. The van der Waals surface area contributed by atoms with Crippen molar-refractivity contribution >= 4 is 34.7 Å². The molecule has 2 aromatic carbocycles.